The molecule has 0 saturated heterocycles. The van der Waals surface area contributed by atoms with Crippen LogP contribution in [0.4, 0.5) is 10.9 Å². The van der Waals surface area contributed by atoms with Gasteiger partial charge in [0.15, 0.2) is 5.13 Å². The average molecular weight is 338 g/mol. The molecule has 0 unspecified atom stereocenters. The number of nitriles is 1. The Balaban J connectivity index is 1.96. The highest BCUT2D eigenvalue weighted by molar-refractivity contribution is 8.01. The molecule has 2 rings (SSSR count). The van der Waals surface area contributed by atoms with Crippen LogP contribution in [0.15, 0.2) is 16.5 Å². The van der Waals surface area contributed by atoms with Crippen LogP contribution in [-0.4, -0.2) is 31.3 Å². The summed E-state index contributed by atoms with van der Waals surface area (Å²) in [7, 11) is 0. The molecule has 114 valence electrons. The standard InChI is InChI=1S/C11H10N6O3S2/c1-7-10(21-5-3-12)22-11(13-7)14-9(18)6-16-4-2-8(15-16)17(19)20/h2,4H,5-6H2,1H3,(H,13,14,18). The summed E-state index contributed by atoms with van der Waals surface area (Å²) in [6.45, 7) is 1.65. The fourth-order valence-corrected chi connectivity index (χ4v) is 3.33. The molecule has 9 nitrogen and oxygen atoms in total. The lowest BCUT2D eigenvalue weighted by molar-refractivity contribution is -0.389. The van der Waals surface area contributed by atoms with Crippen molar-refractivity contribution in [1.29, 1.82) is 5.26 Å². The van der Waals surface area contributed by atoms with Gasteiger partial charge in [0.25, 0.3) is 0 Å². The van der Waals surface area contributed by atoms with E-state index in [9.17, 15) is 14.9 Å². The number of amides is 1. The molecule has 0 spiro atoms. The molecule has 0 aliphatic rings. The predicted molar refractivity (Wildman–Crippen MR) is 80.7 cm³/mol. The number of aryl methyl sites for hydroxylation is 1. The summed E-state index contributed by atoms with van der Waals surface area (Å²) in [6.07, 6.45) is 1.36. The summed E-state index contributed by atoms with van der Waals surface area (Å²) < 4.78 is 2.05. The number of nitrogens with zero attached hydrogens (tertiary/aromatic N) is 5. The molecule has 2 heterocycles. The van der Waals surface area contributed by atoms with Gasteiger partial charge in [0.2, 0.25) is 5.91 Å². The number of hydrogen-bond acceptors (Lipinski definition) is 8. The molecule has 0 aromatic carbocycles. The van der Waals surface area contributed by atoms with Crippen molar-refractivity contribution in [2.45, 2.75) is 17.7 Å². The van der Waals surface area contributed by atoms with Gasteiger partial charge in [-0.25, -0.2) is 4.98 Å². The van der Waals surface area contributed by atoms with E-state index in [-0.39, 0.29) is 18.3 Å². The number of carbonyl (C=O) groups is 1. The first-order chi connectivity index (χ1) is 10.5. The molecule has 0 atom stereocenters. The minimum atomic E-state index is -0.628. The molecule has 2 aromatic rings. The molecule has 1 N–H and O–H groups in total. The first-order valence-corrected chi connectivity index (χ1v) is 7.74. The third kappa shape index (κ3) is 4.03. The first-order valence-electron chi connectivity index (χ1n) is 5.94. The number of anilines is 1. The van der Waals surface area contributed by atoms with E-state index in [0.717, 1.165) is 9.90 Å². The summed E-state index contributed by atoms with van der Waals surface area (Å²) in [6, 6.07) is 3.25. The number of thiazole rings is 1. The van der Waals surface area contributed by atoms with E-state index in [4.69, 9.17) is 5.26 Å². The third-order valence-corrected chi connectivity index (χ3v) is 4.69. The zero-order valence-corrected chi connectivity index (χ0v) is 13.0. The topological polar surface area (TPSA) is 127 Å². The van der Waals surface area contributed by atoms with Crippen molar-refractivity contribution in [2.75, 3.05) is 11.1 Å². The van der Waals surface area contributed by atoms with E-state index in [1.54, 1.807) is 6.92 Å². The fraction of sp³-hybridized carbons (Fsp3) is 0.273. The quantitative estimate of drug-likeness (QED) is 0.483. The van der Waals surface area contributed by atoms with Crippen molar-refractivity contribution in [3.63, 3.8) is 0 Å². The molecule has 0 bridgehead atoms. The zero-order valence-electron chi connectivity index (χ0n) is 11.3. The molecule has 0 radical (unpaired) electrons. The molecule has 22 heavy (non-hydrogen) atoms. The Hall–Kier alpha value is -2.45. The van der Waals surface area contributed by atoms with E-state index in [2.05, 4.69) is 15.4 Å². The fourth-order valence-electron chi connectivity index (χ4n) is 1.51. The highest BCUT2D eigenvalue weighted by Gasteiger charge is 2.15. The largest absolute Gasteiger partial charge is 0.389 e. The molecular weight excluding hydrogens is 328 g/mol. The number of nitro groups is 1. The number of rotatable bonds is 6. The van der Waals surface area contributed by atoms with Gasteiger partial charge in [-0.1, -0.05) is 23.1 Å². The molecule has 11 heteroatoms. The van der Waals surface area contributed by atoms with Gasteiger partial charge in [-0.3, -0.25) is 4.79 Å². The van der Waals surface area contributed by atoms with Crippen LogP contribution in [0, 0.1) is 28.4 Å². The molecule has 0 fully saturated rings. The van der Waals surface area contributed by atoms with Crippen molar-refractivity contribution in [1.82, 2.24) is 14.8 Å². The minimum Gasteiger partial charge on any atom is -0.358 e. The molecule has 0 aliphatic heterocycles. The van der Waals surface area contributed by atoms with Crippen molar-refractivity contribution >= 4 is 40.0 Å². The maximum absolute atomic E-state index is 11.9. The number of nitrogens with one attached hydrogen (secondary N) is 1. The van der Waals surface area contributed by atoms with E-state index in [0.29, 0.717) is 10.9 Å². The number of carbonyl (C=O) groups excluding carboxylic acids is 1. The van der Waals surface area contributed by atoms with E-state index in [1.807, 2.05) is 6.07 Å². The van der Waals surface area contributed by atoms with Gasteiger partial charge in [0.1, 0.15) is 6.54 Å². The Bertz CT molecular complexity index is 747. The number of hydrogen-bond donors (Lipinski definition) is 1. The van der Waals surface area contributed by atoms with Crippen molar-refractivity contribution in [3.05, 3.63) is 28.1 Å². The Morgan fingerprint density at radius 3 is 3.09 bits per heavy atom. The molecule has 2 aromatic heterocycles. The SMILES string of the molecule is Cc1nc(NC(=O)Cn2ccc([N+](=O)[O-])n2)sc1SCC#N. The lowest BCUT2D eigenvalue weighted by Crippen LogP contribution is -2.19. The van der Waals surface area contributed by atoms with Crippen LogP contribution in [0.5, 0.6) is 0 Å². The summed E-state index contributed by atoms with van der Waals surface area (Å²) in [4.78, 5) is 25.9. The highest BCUT2D eigenvalue weighted by Crippen LogP contribution is 2.31. The second kappa shape index (κ2) is 7.01. The van der Waals surface area contributed by atoms with Crippen LogP contribution in [0.25, 0.3) is 0 Å². The second-order valence-electron chi connectivity index (χ2n) is 4.02. The summed E-state index contributed by atoms with van der Waals surface area (Å²) >= 11 is 2.64. The summed E-state index contributed by atoms with van der Waals surface area (Å²) in [5.74, 6) is -0.385. The van der Waals surface area contributed by atoms with Crippen LogP contribution in [0.1, 0.15) is 5.69 Å². The third-order valence-electron chi connectivity index (χ3n) is 2.39. The van der Waals surface area contributed by atoms with E-state index < -0.39 is 4.92 Å². The Morgan fingerprint density at radius 2 is 2.45 bits per heavy atom. The van der Waals surface area contributed by atoms with Crippen LogP contribution < -0.4 is 5.32 Å². The van der Waals surface area contributed by atoms with Gasteiger partial charge in [-0.05, 0) is 11.8 Å². The maximum atomic E-state index is 11.9. The van der Waals surface area contributed by atoms with Crippen LogP contribution in [-0.2, 0) is 11.3 Å². The van der Waals surface area contributed by atoms with Gasteiger partial charge in [0, 0.05) is 0 Å². The monoisotopic (exact) mass is 338 g/mol. The molecule has 0 aliphatic carbocycles. The Kier molecular flexibility index (Phi) is 5.08. The van der Waals surface area contributed by atoms with Gasteiger partial charge in [0.05, 0.1) is 39.1 Å². The molecule has 0 saturated carbocycles. The Labute approximate surface area is 133 Å². The van der Waals surface area contributed by atoms with Crippen molar-refractivity contribution in [3.8, 4) is 6.07 Å². The smallest absolute Gasteiger partial charge is 0.358 e. The van der Waals surface area contributed by atoms with Gasteiger partial charge < -0.3 is 15.4 Å². The van der Waals surface area contributed by atoms with Gasteiger partial charge in [-0.15, -0.1) is 0 Å². The summed E-state index contributed by atoms with van der Waals surface area (Å²) in [5.41, 5.74) is 0.746. The Morgan fingerprint density at radius 1 is 1.68 bits per heavy atom. The van der Waals surface area contributed by atoms with Crippen molar-refractivity contribution < 1.29 is 9.72 Å². The normalized spacial score (nSPS) is 10.2. The van der Waals surface area contributed by atoms with E-state index >= 15 is 0 Å². The highest BCUT2D eigenvalue weighted by atomic mass is 32.2. The lowest BCUT2D eigenvalue weighted by atomic mass is 10.6. The predicted octanol–water partition coefficient (Wildman–Crippen LogP) is 1.81. The molecular formula is C11H10N6O3S2. The lowest BCUT2D eigenvalue weighted by Gasteiger charge is -1.98. The average Bonchev–Trinajstić information content (AvgIpc) is 3.03. The van der Waals surface area contributed by atoms with Gasteiger partial charge in [-0.2, -0.15) is 9.94 Å². The second-order valence-corrected chi connectivity index (χ2v) is 6.26. The van der Waals surface area contributed by atoms with Crippen LogP contribution in [0.2, 0.25) is 0 Å². The number of aromatic nitrogens is 3. The van der Waals surface area contributed by atoms with Crippen LogP contribution >= 0.6 is 23.1 Å². The molecule has 1 amide bonds. The number of thioether (sulfide) groups is 1. The van der Waals surface area contributed by atoms with Crippen molar-refractivity contribution in [2.24, 2.45) is 0 Å². The zero-order chi connectivity index (χ0) is 16.1. The van der Waals surface area contributed by atoms with Gasteiger partial charge >= 0.3 is 5.82 Å². The van der Waals surface area contributed by atoms with Crippen LogP contribution in [0.3, 0.4) is 0 Å². The first kappa shape index (κ1) is 15.9. The summed E-state index contributed by atoms with van der Waals surface area (Å²) in [5, 5.41) is 25.8. The minimum absolute atomic E-state index is 0.146. The van der Waals surface area contributed by atoms with E-state index in [1.165, 1.54) is 40.0 Å². The maximum Gasteiger partial charge on any atom is 0.389 e.